The first-order valence-electron chi connectivity index (χ1n) is 7.13. The van der Waals surface area contributed by atoms with E-state index in [4.69, 9.17) is 0 Å². The van der Waals surface area contributed by atoms with Gasteiger partial charge in [0.05, 0.1) is 0 Å². The average molecular weight is 247 g/mol. The number of nitrogens with zero attached hydrogens (tertiary/aromatic N) is 2. The first-order chi connectivity index (χ1) is 8.70. The van der Waals surface area contributed by atoms with Gasteiger partial charge in [0.1, 0.15) is 5.82 Å². The molecule has 1 N–H and O–H groups in total. The standard InChI is InChI=1S/C15H25N3/c1-4-12(2)17-15-9-8-13(11-16-15)14-7-5-6-10-18(14)3/h8-9,11-12,14H,4-7,10H2,1-3H3,(H,16,17)/t12-,14-/m0/s1. The molecule has 2 atom stereocenters. The summed E-state index contributed by atoms with van der Waals surface area (Å²) in [6.07, 6.45) is 7.08. The van der Waals surface area contributed by atoms with E-state index < -0.39 is 0 Å². The zero-order chi connectivity index (χ0) is 13.0. The van der Waals surface area contributed by atoms with E-state index in [1.807, 2.05) is 6.20 Å². The molecule has 0 bridgehead atoms. The molecule has 0 aromatic carbocycles. The molecule has 2 heterocycles. The molecule has 18 heavy (non-hydrogen) atoms. The maximum Gasteiger partial charge on any atom is 0.126 e. The molecule has 3 nitrogen and oxygen atoms in total. The van der Waals surface area contributed by atoms with Gasteiger partial charge in [0.15, 0.2) is 0 Å². The number of nitrogens with one attached hydrogen (secondary N) is 1. The zero-order valence-electron chi connectivity index (χ0n) is 11.8. The second-order valence-corrected chi connectivity index (χ2v) is 5.42. The predicted molar refractivity (Wildman–Crippen MR) is 76.8 cm³/mol. The molecule has 2 rings (SSSR count). The molecule has 0 unspecified atom stereocenters. The first kappa shape index (κ1) is 13.3. The fraction of sp³-hybridized carbons (Fsp3) is 0.667. The van der Waals surface area contributed by atoms with Crippen LogP contribution in [0.2, 0.25) is 0 Å². The summed E-state index contributed by atoms with van der Waals surface area (Å²) in [5.41, 5.74) is 1.35. The largest absolute Gasteiger partial charge is 0.368 e. The summed E-state index contributed by atoms with van der Waals surface area (Å²) in [6.45, 7) is 5.57. The van der Waals surface area contributed by atoms with Gasteiger partial charge >= 0.3 is 0 Å². The fourth-order valence-electron chi connectivity index (χ4n) is 2.54. The van der Waals surface area contributed by atoms with Gasteiger partial charge in [-0.15, -0.1) is 0 Å². The minimum atomic E-state index is 0.487. The minimum absolute atomic E-state index is 0.487. The molecular weight excluding hydrogens is 222 g/mol. The van der Waals surface area contributed by atoms with Crippen molar-refractivity contribution in [3.63, 3.8) is 0 Å². The summed E-state index contributed by atoms with van der Waals surface area (Å²) in [5.74, 6) is 0.992. The summed E-state index contributed by atoms with van der Waals surface area (Å²) >= 11 is 0. The van der Waals surface area contributed by atoms with Crippen molar-refractivity contribution in [3.05, 3.63) is 23.9 Å². The summed E-state index contributed by atoms with van der Waals surface area (Å²) in [4.78, 5) is 6.99. The van der Waals surface area contributed by atoms with Crippen molar-refractivity contribution in [1.82, 2.24) is 9.88 Å². The molecular formula is C15H25N3. The minimum Gasteiger partial charge on any atom is -0.368 e. The van der Waals surface area contributed by atoms with E-state index in [-0.39, 0.29) is 0 Å². The van der Waals surface area contributed by atoms with Crippen molar-refractivity contribution < 1.29 is 0 Å². The monoisotopic (exact) mass is 247 g/mol. The highest BCUT2D eigenvalue weighted by molar-refractivity contribution is 5.37. The SMILES string of the molecule is CC[C@H](C)Nc1ccc([C@@H]2CCCCN2C)cn1. The topological polar surface area (TPSA) is 28.2 Å². The molecule has 1 aromatic rings. The second-order valence-electron chi connectivity index (χ2n) is 5.42. The van der Waals surface area contributed by atoms with Crippen LogP contribution < -0.4 is 5.32 Å². The number of piperidine rings is 1. The Morgan fingerprint density at radius 1 is 1.44 bits per heavy atom. The highest BCUT2D eigenvalue weighted by Gasteiger charge is 2.20. The number of pyridine rings is 1. The summed E-state index contributed by atoms with van der Waals surface area (Å²) in [6, 6.07) is 5.39. The smallest absolute Gasteiger partial charge is 0.126 e. The third-order valence-electron chi connectivity index (χ3n) is 3.95. The van der Waals surface area contributed by atoms with E-state index in [1.165, 1.54) is 31.4 Å². The Morgan fingerprint density at radius 3 is 2.89 bits per heavy atom. The van der Waals surface area contributed by atoms with Crippen molar-refractivity contribution in [2.24, 2.45) is 0 Å². The lowest BCUT2D eigenvalue weighted by Gasteiger charge is -2.32. The summed E-state index contributed by atoms with van der Waals surface area (Å²) in [5, 5.41) is 3.41. The van der Waals surface area contributed by atoms with Crippen LogP contribution in [-0.4, -0.2) is 29.5 Å². The van der Waals surface area contributed by atoms with Crippen molar-refractivity contribution in [1.29, 1.82) is 0 Å². The predicted octanol–water partition coefficient (Wildman–Crippen LogP) is 3.45. The molecule has 0 radical (unpaired) electrons. The Kier molecular flexibility index (Phi) is 4.59. The summed E-state index contributed by atoms with van der Waals surface area (Å²) < 4.78 is 0. The van der Waals surface area contributed by atoms with Crippen LogP contribution in [0.3, 0.4) is 0 Å². The van der Waals surface area contributed by atoms with Crippen LogP contribution in [0.5, 0.6) is 0 Å². The van der Waals surface area contributed by atoms with Gasteiger partial charge < -0.3 is 5.32 Å². The van der Waals surface area contributed by atoms with Crippen molar-refractivity contribution in [3.8, 4) is 0 Å². The molecule has 1 saturated heterocycles. The number of aromatic nitrogens is 1. The Balaban J connectivity index is 2.02. The number of rotatable bonds is 4. The molecule has 0 spiro atoms. The molecule has 0 amide bonds. The van der Waals surface area contributed by atoms with Gasteiger partial charge in [-0.1, -0.05) is 19.4 Å². The number of anilines is 1. The number of hydrogen-bond donors (Lipinski definition) is 1. The molecule has 0 aliphatic carbocycles. The highest BCUT2D eigenvalue weighted by atomic mass is 15.1. The van der Waals surface area contributed by atoms with Crippen LogP contribution in [0.25, 0.3) is 0 Å². The quantitative estimate of drug-likeness (QED) is 0.883. The first-order valence-corrected chi connectivity index (χ1v) is 7.13. The van der Waals surface area contributed by atoms with Gasteiger partial charge in [-0.2, -0.15) is 0 Å². The van der Waals surface area contributed by atoms with Crippen LogP contribution in [0.4, 0.5) is 5.82 Å². The normalized spacial score (nSPS) is 22.7. The van der Waals surface area contributed by atoms with Crippen LogP contribution in [-0.2, 0) is 0 Å². The number of likely N-dealkylation sites (tertiary alicyclic amines) is 1. The maximum absolute atomic E-state index is 4.54. The van der Waals surface area contributed by atoms with Gasteiger partial charge in [0.2, 0.25) is 0 Å². The van der Waals surface area contributed by atoms with E-state index in [0.29, 0.717) is 12.1 Å². The van der Waals surface area contributed by atoms with Gasteiger partial charge in [0.25, 0.3) is 0 Å². The maximum atomic E-state index is 4.54. The van der Waals surface area contributed by atoms with E-state index >= 15 is 0 Å². The van der Waals surface area contributed by atoms with Crippen LogP contribution in [0.1, 0.15) is 51.1 Å². The molecule has 1 aromatic heterocycles. The molecule has 0 saturated carbocycles. The zero-order valence-corrected chi connectivity index (χ0v) is 11.8. The van der Waals surface area contributed by atoms with Crippen molar-refractivity contribution in [2.75, 3.05) is 18.9 Å². The Labute approximate surface area is 111 Å². The van der Waals surface area contributed by atoms with E-state index in [9.17, 15) is 0 Å². The van der Waals surface area contributed by atoms with Crippen LogP contribution in [0.15, 0.2) is 18.3 Å². The third-order valence-corrected chi connectivity index (χ3v) is 3.95. The van der Waals surface area contributed by atoms with Crippen LogP contribution in [0, 0.1) is 0 Å². The van der Waals surface area contributed by atoms with Gasteiger partial charge in [-0.3, -0.25) is 4.90 Å². The lowest BCUT2D eigenvalue weighted by atomic mass is 9.97. The lowest BCUT2D eigenvalue weighted by Crippen LogP contribution is -2.29. The summed E-state index contributed by atoms with van der Waals surface area (Å²) in [7, 11) is 2.22. The molecule has 3 heteroatoms. The van der Waals surface area contributed by atoms with E-state index in [0.717, 1.165) is 12.2 Å². The molecule has 1 aliphatic heterocycles. The van der Waals surface area contributed by atoms with Crippen molar-refractivity contribution in [2.45, 2.75) is 51.6 Å². The highest BCUT2D eigenvalue weighted by Crippen LogP contribution is 2.29. The van der Waals surface area contributed by atoms with E-state index in [2.05, 4.69) is 48.2 Å². The Hall–Kier alpha value is -1.09. The van der Waals surface area contributed by atoms with E-state index in [1.54, 1.807) is 0 Å². The van der Waals surface area contributed by atoms with Gasteiger partial charge in [-0.25, -0.2) is 4.98 Å². The van der Waals surface area contributed by atoms with Crippen LogP contribution >= 0.6 is 0 Å². The molecule has 100 valence electrons. The number of hydrogen-bond acceptors (Lipinski definition) is 3. The third kappa shape index (κ3) is 3.22. The lowest BCUT2D eigenvalue weighted by molar-refractivity contribution is 0.187. The molecule has 1 aliphatic rings. The van der Waals surface area contributed by atoms with Crippen molar-refractivity contribution >= 4 is 5.82 Å². The van der Waals surface area contributed by atoms with Gasteiger partial charge in [0, 0.05) is 18.3 Å². The second kappa shape index (κ2) is 6.19. The van der Waals surface area contributed by atoms with Gasteiger partial charge in [-0.05, 0) is 51.4 Å². The fourth-order valence-corrected chi connectivity index (χ4v) is 2.54. The Bertz CT molecular complexity index is 361. The average Bonchev–Trinajstić information content (AvgIpc) is 2.40. The Morgan fingerprint density at radius 2 is 2.28 bits per heavy atom. The molecule has 1 fully saturated rings.